The maximum absolute atomic E-state index is 13.2. The van der Waals surface area contributed by atoms with Crippen LogP contribution < -0.4 is 14.9 Å². The number of rotatable bonds is 7. The highest BCUT2D eigenvalue weighted by Gasteiger charge is 2.24. The zero-order chi connectivity index (χ0) is 23.3. The number of sulfonamides is 1. The minimum absolute atomic E-state index is 0.0225. The number of amides is 2. The maximum atomic E-state index is 13.2. The Bertz CT molecular complexity index is 1240. The molecule has 0 bridgehead atoms. The second-order valence-electron chi connectivity index (χ2n) is 6.69. The van der Waals surface area contributed by atoms with Gasteiger partial charge >= 0.3 is 0 Å². The molecule has 0 radical (unpaired) electrons. The largest absolute Gasteiger partial charge is 0.343 e. The third-order valence-electron chi connectivity index (χ3n) is 4.50. The normalized spacial score (nSPS) is 11.0. The summed E-state index contributed by atoms with van der Waals surface area (Å²) in [6.45, 7) is -0.337. The minimum Gasteiger partial charge on any atom is -0.343 e. The number of halogens is 2. The van der Waals surface area contributed by atoms with Gasteiger partial charge in [0, 0.05) is 12.7 Å². The van der Waals surface area contributed by atoms with Crippen molar-refractivity contribution >= 4 is 44.8 Å². The van der Waals surface area contributed by atoms with Crippen LogP contribution in [0, 0.1) is 5.82 Å². The average Bonchev–Trinajstić information content (AvgIpc) is 2.78. The molecule has 0 aliphatic rings. The van der Waals surface area contributed by atoms with Crippen molar-refractivity contribution in [3.05, 3.63) is 89.2 Å². The SMILES string of the molecule is CN(c1ccc(F)cc1)S(=O)(=O)c1ccc(Cl)c(C(=O)NCC(=O)Nc2ccccc2)c1. The number of anilines is 2. The fraction of sp³-hybridized carbons (Fsp3) is 0.0909. The standard InChI is InChI=1S/C22H19ClFN3O4S/c1-27(17-9-7-15(24)8-10-17)32(30,31)18-11-12-20(23)19(13-18)22(29)25-14-21(28)26-16-5-3-2-4-6-16/h2-13H,14H2,1H3,(H,25,29)(H,26,28). The second-order valence-corrected chi connectivity index (χ2v) is 9.06. The summed E-state index contributed by atoms with van der Waals surface area (Å²) < 4.78 is 40.0. The van der Waals surface area contributed by atoms with Crippen LogP contribution in [-0.4, -0.2) is 33.8 Å². The summed E-state index contributed by atoms with van der Waals surface area (Å²) >= 11 is 6.09. The number of nitrogens with one attached hydrogen (secondary N) is 2. The molecule has 3 rings (SSSR count). The molecule has 3 aromatic rings. The predicted octanol–water partition coefficient (Wildman–Crippen LogP) is 3.67. The van der Waals surface area contributed by atoms with Crippen LogP contribution in [-0.2, 0) is 14.8 Å². The molecular weight excluding hydrogens is 457 g/mol. The third-order valence-corrected chi connectivity index (χ3v) is 6.61. The van der Waals surface area contributed by atoms with Crippen LogP contribution >= 0.6 is 11.6 Å². The van der Waals surface area contributed by atoms with Crippen molar-refractivity contribution in [2.45, 2.75) is 4.90 Å². The second kappa shape index (κ2) is 9.80. The molecule has 0 aliphatic carbocycles. The molecule has 0 spiro atoms. The van der Waals surface area contributed by atoms with E-state index in [1.165, 1.54) is 31.3 Å². The maximum Gasteiger partial charge on any atom is 0.264 e. The van der Waals surface area contributed by atoms with Crippen LogP contribution in [0.4, 0.5) is 15.8 Å². The predicted molar refractivity (Wildman–Crippen MR) is 121 cm³/mol. The minimum atomic E-state index is -4.06. The fourth-order valence-electron chi connectivity index (χ4n) is 2.77. The van der Waals surface area contributed by atoms with Crippen molar-refractivity contribution in [1.82, 2.24) is 5.32 Å². The van der Waals surface area contributed by atoms with Gasteiger partial charge in [-0.1, -0.05) is 29.8 Å². The Balaban J connectivity index is 1.75. The van der Waals surface area contributed by atoms with Crippen LogP contribution in [0.2, 0.25) is 5.02 Å². The Morgan fingerprint density at radius 3 is 2.31 bits per heavy atom. The summed E-state index contributed by atoms with van der Waals surface area (Å²) in [7, 11) is -2.75. The van der Waals surface area contributed by atoms with Gasteiger partial charge in [0.25, 0.3) is 15.9 Å². The van der Waals surface area contributed by atoms with E-state index < -0.39 is 27.7 Å². The Morgan fingerprint density at radius 1 is 1.00 bits per heavy atom. The van der Waals surface area contributed by atoms with E-state index in [1.54, 1.807) is 30.3 Å². The molecule has 0 unspecified atom stereocenters. The zero-order valence-corrected chi connectivity index (χ0v) is 18.5. The molecule has 2 N–H and O–H groups in total. The molecule has 0 aliphatic heterocycles. The lowest BCUT2D eigenvalue weighted by atomic mass is 10.2. The van der Waals surface area contributed by atoms with Crippen molar-refractivity contribution < 1.29 is 22.4 Å². The van der Waals surface area contributed by atoms with Gasteiger partial charge < -0.3 is 10.6 Å². The molecule has 32 heavy (non-hydrogen) atoms. The highest BCUT2D eigenvalue weighted by atomic mass is 35.5. The average molecular weight is 476 g/mol. The molecule has 3 aromatic carbocycles. The van der Waals surface area contributed by atoms with Gasteiger partial charge in [-0.3, -0.25) is 13.9 Å². The molecule has 10 heteroatoms. The van der Waals surface area contributed by atoms with Gasteiger partial charge in [-0.25, -0.2) is 12.8 Å². The molecule has 0 heterocycles. The van der Waals surface area contributed by atoms with E-state index in [9.17, 15) is 22.4 Å². The summed E-state index contributed by atoms with van der Waals surface area (Å²) in [5.41, 5.74) is 0.708. The summed E-state index contributed by atoms with van der Waals surface area (Å²) in [6, 6.07) is 17.3. The molecular formula is C22H19ClFN3O4S. The van der Waals surface area contributed by atoms with Gasteiger partial charge in [-0.15, -0.1) is 0 Å². The van der Waals surface area contributed by atoms with Gasteiger partial charge in [0.05, 0.1) is 27.7 Å². The van der Waals surface area contributed by atoms with Gasteiger partial charge in [0.2, 0.25) is 5.91 Å². The Morgan fingerprint density at radius 2 is 1.66 bits per heavy atom. The number of benzene rings is 3. The molecule has 0 saturated carbocycles. The van der Waals surface area contributed by atoms with E-state index in [0.717, 1.165) is 22.5 Å². The molecule has 0 atom stereocenters. The topological polar surface area (TPSA) is 95.6 Å². The number of carbonyl (C=O) groups excluding carboxylic acids is 2. The number of hydrogen-bond acceptors (Lipinski definition) is 4. The van der Waals surface area contributed by atoms with Crippen molar-refractivity contribution in [2.75, 3.05) is 23.2 Å². The van der Waals surface area contributed by atoms with Crippen LogP contribution in [0.5, 0.6) is 0 Å². The molecule has 0 aromatic heterocycles. The number of nitrogens with zero attached hydrogens (tertiary/aromatic N) is 1. The molecule has 7 nitrogen and oxygen atoms in total. The van der Waals surface area contributed by atoms with Gasteiger partial charge in [-0.2, -0.15) is 0 Å². The summed E-state index contributed by atoms with van der Waals surface area (Å²) in [5, 5.41) is 5.06. The van der Waals surface area contributed by atoms with Crippen LogP contribution in [0.1, 0.15) is 10.4 Å². The van der Waals surface area contributed by atoms with E-state index in [4.69, 9.17) is 11.6 Å². The van der Waals surface area contributed by atoms with Crippen LogP contribution in [0.15, 0.2) is 77.7 Å². The van der Waals surface area contributed by atoms with E-state index in [-0.39, 0.29) is 27.7 Å². The first kappa shape index (κ1) is 23.2. The summed E-state index contributed by atoms with van der Waals surface area (Å²) in [4.78, 5) is 24.4. The lowest BCUT2D eigenvalue weighted by Gasteiger charge is -2.20. The van der Waals surface area contributed by atoms with E-state index >= 15 is 0 Å². The van der Waals surface area contributed by atoms with Crippen molar-refractivity contribution in [2.24, 2.45) is 0 Å². The number of hydrogen-bond donors (Lipinski definition) is 2. The number of para-hydroxylation sites is 1. The van der Waals surface area contributed by atoms with Gasteiger partial charge in [0.15, 0.2) is 0 Å². The quantitative estimate of drug-likeness (QED) is 0.545. The van der Waals surface area contributed by atoms with Crippen molar-refractivity contribution in [3.8, 4) is 0 Å². The lowest BCUT2D eigenvalue weighted by Crippen LogP contribution is -2.33. The molecule has 0 saturated heterocycles. The first-order valence-corrected chi connectivity index (χ1v) is 11.2. The first-order chi connectivity index (χ1) is 15.2. The van der Waals surface area contributed by atoms with Crippen molar-refractivity contribution in [1.29, 1.82) is 0 Å². The van der Waals surface area contributed by atoms with E-state index in [1.807, 2.05) is 0 Å². The van der Waals surface area contributed by atoms with Gasteiger partial charge in [-0.05, 0) is 54.6 Å². The highest BCUT2D eigenvalue weighted by molar-refractivity contribution is 7.92. The lowest BCUT2D eigenvalue weighted by molar-refractivity contribution is -0.115. The van der Waals surface area contributed by atoms with Crippen LogP contribution in [0.25, 0.3) is 0 Å². The molecule has 2 amide bonds. The van der Waals surface area contributed by atoms with E-state index in [0.29, 0.717) is 5.69 Å². The smallest absolute Gasteiger partial charge is 0.264 e. The molecule has 0 fully saturated rings. The van der Waals surface area contributed by atoms with Gasteiger partial charge in [0.1, 0.15) is 5.82 Å². The van der Waals surface area contributed by atoms with E-state index in [2.05, 4.69) is 10.6 Å². The monoisotopic (exact) mass is 475 g/mol. The van der Waals surface area contributed by atoms with Crippen molar-refractivity contribution in [3.63, 3.8) is 0 Å². The summed E-state index contributed by atoms with van der Waals surface area (Å²) in [6.07, 6.45) is 0. The Hall–Kier alpha value is -3.43. The Labute approximate surface area is 189 Å². The number of carbonyl (C=O) groups is 2. The first-order valence-electron chi connectivity index (χ1n) is 9.35. The fourth-order valence-corrected chi connectivity index (χ4v) is 4.19. The van der Waals surface area contributed by atoms with Crippen LogP contribution in [0.3, 0.4) is 0 Å². The summed E-state index contributed by atoms with van der Waals surface area (Å²) in [5.74, 6) is -1.67. The third kappa shape index (κ3) is 5.43. The molecule has 166 valence electrons. The Kier molecular flexibility index (Phi) is 7.12. The highest BCUT2D eigenvalue weighted by Crippen LogP contribution is 2.26. The zero-order valence-electron chi connectivity index (χ0n) is 16.9.